The van der Waals surface area contributed by atoms with Crippen molar-refractivity contribution in [2.24, 2.45) is 5.41 Å². The van der Waals surface area contributed by atoms with E-state index in [1.165, 1.54) is 0 Å². The first-order chi connectivity index (χ1) is 8.70. The Morgan fingerprint density at radius 3 is 2.58 bits per heavy atom. The van der Waals surface area contributed by atoms with Gasteiger partial charge < -0.3 is 10.4 Å². The van der Waals surface area contributed by atoms with Gasteiger partial charge in [0.2, 0.25) is 0 Å². The van der Waals surface area contributed by atoms with Gasteiger partial charge in [-0.15, -0.1) is 11.3 Å². The number of rotatable bonds is 7. The van der Waals surface area contributed by atoms with Gasteiger partial charge in [0, 0.05) is 17.5 Å². The summed E-state index contributed by atoms with van der Waals surface area (Å²) in [7, 11) is 0. The Morgan fingerprint density at radius 1 is 1.42 bits per heavy atom. The van der Waals surface area contributed by atoms with Gasteiger partial charge in [-0.1, -0.05) is 6.92 Å². The fraction of sp³-hybridized carbons (Fsp3) is 0.714. The highest BCUT2D eigenvalue weighted by atomic mass is 32.1. The molecule has 0 spiro atoms. The van der Waals surface area contributed by atoms with Gasteiger partial charge in [0.25, 0.3) is 0 Å². The van der Waals surface area contributed by atoms with Gasteiger partial charge in [0.15, 0.2) is 0 Å². The minimum Gasteiger partial charge on any atom is -0.481 e. The molecule has 108 valence electrons. The molecule has 1 rings (SSSR count). The third-order valence-corrected chi connectivity index (χ3v) is 4.83. The summed E-state index contributed by atoms with van der Waals surface area (Å²) in [5.74, 6) is -0.796. The predicted octanol–water partition coefficient (Wildman–Crippen LogP) is 3.07. The van der Waals surface area contributed by atoms with Crippen LogP contribution in [-0.4, -0.2) is 21.6 Å². The van der Waals surface area contributed by atoms with Crippen LogP contribution in [0.5, 0.6) is 0 Å². The van der Waals surface area contributed by atoms with Crippen LogP contribution in [0.4, 0.5) is 0 Å². The topological polar surface area (TPSA) is 62.2 Å². The molecular formula is C14H24N2O2S. The first-order valence-electron chi connectivity index (χ1n) is 6.62. The summed E-state index contributed by atoms with van der Waals surface area (Å²) in [5.41, 5.74) is -0.356. The number of hydrogen-bond donors (Lipinski definition) is 2. The van der Waals surface area contributed by atoms with E-state index in [0.29, 0.717) is 6.54 Å². The fourth-order valence-corrected chi connectivity index (χ4v) is 2.46. The van der Waals surface area contributed by atoms with Gasteiger partial charge >= 0.3 is 5.97 Å². The monoisotopic (exact) mass is 284 g/mol. The second-order valence-corrected chi connectivity index (χ2v) is 6.83. The van der Waals surface area contributed by atoms with Crippen LogP contribution in [0.2, 0.25) is 0 Å². The molecule has 0 radical (unpaired) electrons. The van der Waals surface area contributed by atoms with Crippen molar-refractivity contribution in [2.45, 2.75) is 59.5 Å². The van der Waals surface area contributed by atoms with Crippen molar-refractivity contribution in [3.63, 3.8) is 0 Å². The van der Waals surface area contributed by atoms with Gasteiger partial charge in [-0.2, -0.15) is 0 Å². The van der Waals surface area contributed by atoms with Gasteiger partial charge in [0.05, 0.1) is 16.1 Å². The Bertz CT molecular complexity index is 438. The third-order valence-electron chi connectivity index (χ3n) is 3.87. The lowest BCUT2D eigenvalue weighted by Crippen LogP contribution is -2.54. The molecule has 0 atom stereocenters. The van der Waals surface area contributed by atoms with Crippen molar-refractivity contribution in [2.75, 3.05) is 0 Å². The molecule has 0 bridgehead atoms. The standard InChI is InChI=1S/C14H24N2O2S/c1-6-7-11-16-10(9-19-11)8-15-14(4,5)13(2,3)12(17)18/h9,15H,6-8H2,1-5H3,(H,17,18). The molecule has 1 heterocycles. The van der Waals surface area contributed by atoms with Crippen LogP contribution in [0, 0.1) is 5.41 Å². The number of thiazole rings is 1. The molecule has 0 saturated carbocycles. The van der Waals surface area contributed by atoms with Crippen molar-refractivity contribution in [3.8, 4) is 0 Å². The highest BCUT2D eigenvalue weighted by Crippen LogP contribution is 2.31. The number of aliphatic carboxylic acids is 1. The first-order valence-corrected chi connectivity index (χ1v) is 7.50. The minimum absolute atomic E-state index is 0.507. The molecular weight excluding hydrogens is 260 g/mol. The average molecular weight is 284 g/mol. The molecule has 1 aromatic heterocycles. The number of aryl methyl sites for hydroxylation is 1. The maximum absolute atomic E-state index is 11.3. The highest BCUT2D eigenvalue weighted by Gasteiger charge is 2.43. The van der Waals surface area contributed by atoms with Crippen LogP contribution < -0.4 is 5.32 Å². The molecule has 0 amide bonds. The van der Waals surface area contributed by atoms with Crippen molar-refractivity contribution >= 4 is 17.3 Å². The van der Waals surface area contributed by atoms with Crippen LogP contribution in [0.25, 0.3) is 0 Å². The highest BCUT2D eigenvalue weighted by molar-refractivity contribution is 7.09. The number of carboxylic acids is 1. The van der Waals surface area contributed by atoms with E-state index in [1.807, 2.05) is 19.2 Å². The maximum Gasteiger partial charge on any atom is 0.310 e. The normalized spacial score (nSPS) is 12.7. The molecule has 0 aliphatic carbocycles. The molecule has 0 aliphatic heterocycles. The van der Waals surface area contributed by atoms with E-state index in [-0.39, 0.29) is 0 Å². The zero-order valence-electron chi connectivity index (χ0n) is 12.4. The van der Waals surface area contributed by atoms with E-state index in [0.717, 1.165) is 23.5 Å². The summed E-state index contributed by atoms with van der Waals surface area (Å²) in [5, 5.41) is 15.8. The van der Waals surface area contributed by atoms with Crippen molar-refractivity contribution in [1.29, 1.82) is 0 Å². The quantitative estimate of drug-likeness (QED) is 0.807. The SMILES string of the molecule is CCCc1nc(CNC(C)(C)C(C)(C)C(=O)O)cs1. The second kappa shape index (κ2) is 6.01. The molecule has 0 aliphatic rings. The zero-order chi connectivity index (χ0) is 14.7. The van der Waals surface area contributed by atoms with Crippen LogP contribution in [0.3, 0.4) is 0 Å². The lowest BCUT2D eigenvalue weighted by molar-refractivity contribution is -0.151. The van der Waals surface area contributed by atoms with Gasteiger partial charge in [-0.25, -0.2) is 4.98 Å². The third kappa shape index (κ3) is 3.76. The summed E-state index contributed by atoms with van der Waals surface area (Å²) >= 11 is 1.67. The Labute approximate surface area is 119 Å². The first kappa shape index (κ1) is 16.1. The molecule has 0 fully saturated rings. The Balaban J connectivity index is 2.66. The number of carboxylic acid groups (broad SMARTS) is 1. The number of hydrogen-bond acceptors (Lipinski definition) is 4. The Hall–Kier alpha value is -0.940. The number of aromatic nitrogens is 1. The summed E-state index contributed by atoms with van der Waals surface area (Å²) in [6, 6.07) is 0. The summed E-state index contributed by atoms with van der Waals surface area (Å²) in [4.78, 5) is 15.9. The summed E-state index contributed by atoms with van der Waals surface area (Å²) in [6.45, 7) is 10.1. The molecule has 2 N–H and O–H groups in total. The van der Waals surface area contributed by atoms with Crippen molar-refractivity contribution in [3.05, 3.63) is 16.1 Å². The van der Waals surface area contributed by atoms with E-state index in [1.54, 1.807) is 25.2 Å². The van der Waals surface area contributed by atoms with Gasteiger partial charge in [-0.05, 0) is 40.5 Å². The molecule has 4 nitrogen and oxygen atoms in total. The second-order valence-electron chi connectivity index (χ2n) is 5.89. The number of nitrogens with zero attached hydrogens (tertiary/aromatic N) is 1. The largest absolute Gasteiger partial charge is 0.481 e. The van der Waals surface area contributed by atoms with E-state index in [4.69, 9.17) is 0 Å². The van der Waals surface area contributed by atoms with Gasteiger partial charge in [0.1, 0.15) is 0 Å². The number of nitrogens with one attached hydrogen (secondary N) is 1. The van der Waals surface area contributed by atoms with Gasteiger partial charge in [-0.3, -0.25) is 4.79 Å². The summed E-state index contributed by atoms with van der Waals surface area (Å²) in [6.07, 6.45) is 2.10. The molecule has 19 heavy (non-hydrogen) atoms. The predicted molar refractivity (Wildman–Crippen MR) is 78.4 cm³/mol. The van der Waals surface area contributed by atoms with Crippen LogP contribution in [-0.2, 0) is 17.8 Å². The Morgan fingerprint density at radius 2 is 2.05 bits per heavy atom. The molecule has 1 aromatic rings. The van der Waals surface area contributed by atoms with E-state index >= 15 is 0 Å². The fourth-order valence-electron chi connectivity index (χ4n) is 1.56. The molecule has 0 unspecified atom stereocenters. The van der Waals surface area contributed by atoms with Crippen LogP contribution in [0.15, 0.2) is 5.38 Å². The van der Waals surface area contributed by atoms with Crippen LogP contribution >= 0.6 is 11.3 Å². The smallest absolute Gasteiger partial charge is 0.310 e. The maximum atomic E-state index is 11.3. The van der Waals surface area contributed by atoms with Crippen molar-refractivity contribution < 1.29 is 9.90 Å². The van der Waals surface area contributed by atoms with E-state index in [9.17, 15) is 9.90 Å². The van der Waals surface area contributed by atoms with Crippen molar-refractivity contribution in [1.82, 2.24) is 10.3 Å². The molecule has 5 heteroatoms. The number of carbonyl (C=O) groups is 1. The lowest BCUT2D eigenvalue weighted by Gasteiger charge is -2.38. The summed E-state index contributed by atoms with van der Waals surface area (Å²) < 4.78 is 0. The molecule has 0 aromatic carbocycles. The van der Waals surface area contributed by atoms with E-state index in [2.05, 4.69) is 17.2 Å². The van der Waals surface area contributed by atoms with Crippen LogP contribution in [0.1, 0.15) is 51.7 Å². The minimum atomic E-state index is -0.838. The average Bonchev–Trinajstić information content (AvgIpc) is 2.74. The zero-order valence-corrected chi connectivity index (χ0v) is 13.2. The molecule has 0 saturated heterocycles. The lowest BCUT2D eigenvalue weighted by atomic mass is 9.74. The Kier molecular flexibility index (Phi) is 5.10. The van der Waals surface area contributed by atoms with E-state index < -0.39 is 16.9 Å².